The zero-order valence-electron chi connectivity index (χ0n) is 10.3. The third-order valence-corrected chi connectivity index (χ3v) is 4.15. The lowest BCUT2D eigenvalue weighted by Crippen LogP contribution is -2.17. The third kappa shape index (κ3) is 2.70. The number of rotatable bonds is 3. The minimum absolute atomic E-state index is 0.00671. The van der Waals surface area contributed by atoms with E-state index >= 15 is 0 Å². The van der Waals surface area contributed by atoms with Gasteiger partial charge in [-0.05, 0) is 37.0 Å². The average Bonchev–Trinajstić information content (AvgIpc) is 2.97. The second-order valence-electron chi connectivity index (χ2n) is 4.83. The lowest BCUT2D eigenvalue weighted by molar-refractivity contribution is -0.117. The van der Waals surface area contributed by atoms with Gasteiger partial charge in [0.05, 0.1) is 4.90 Å². The van der Waals surface area contributed by atoms with Crippen LogP contribution in [-0.2, 0) is 14.8 Å². The van der Waals surface area contributed by atoms with Gasteiger partial charge in [0.25, 0.3) is 0 Å². The van der Waals surface area contributed by atoms with Gasteiger partial charge in [0.15, 0.2) is 0 Å². The fourth-order valence-corrected chi connectivity index (χ4v) is 2.37. The molecule has 1 fully saturated rings. The number of hydrogen-bond donors (Lipinski definition) is 2. The van der Waals surface area contributed by atoms with Crippen molar-refractivity contribution in [2.45, 2.75) is 25.2 Å². The zero-order valence-corrected chi connectivity index (χ0v) is 11.1. The number of nitrogens with one attached hydrogen (secondary N) is 1. The monoisotopic (exact) mass is 268 g/mol. The Hall–Kier alpha value is -1.40. The molecule has 2 rings (SSSR count). The second kappa shape index (κ2) is 4.37. The van der Waals surface area contributed by atoms with Gasteiger partial charge in [-0.1, -0.05) is 13.0 Å². The number of amides is 1. The highest BCUT2D eigenvalue weighted by Gasteiger charge is 2.39. The number of primary sulfonamides is 1. The molecule has 1 amide bonds. The van der Waals surface area contributed by atoms with Crippen molar-refractivity contribution < 1.29 is 13.2 Å². The topological polar surface area (TPSA) is 89.3 Å². The molecule has 1 aliphatic rings. The van der Waals surface area contributed by atoms with E-state index in [1.54, 1.807) is 13.0 Å². The predicted octanol–water partition coefficient (Wildman–Crippen LogP) is 1.24. The third-order valence-electron chi connectivity index (χ3n) is 3.24. The molecular weight excluding hydrogens is 252 g/mol. The fourth-order valence-electron chi connectivity index (χ4n) is 1.83. The summed E-state index contributed by atoms with van der Waals surface area (Å²) in [7, 11) is -3.74. The largest absolute Gasteiger partial charge is 0.326 e. The van der Waals surface area contributed by atoms with E-state index in [-0.39, 0.29) is 16.7 Å². The first kappa shape index (κ1) is 13.0. The van der Waals surface area contributed by atoms with Crippen LogP contribution in [0.15, 0.2) is 23.1 Å². The molecular formula is C12H16N2O3S. The molecule has 0 aliphatic heterocycles. The zero-order chi connectivity index (χ0) is 13.5. The van der Waals surface area contributed by atoms with Crippen LogP contribution < -0.4 is 10.5 Å². The van der Waals surface area contributed by atoms with Gasteiger partial charge < -0.3 is 5.32 Å². The van der Waals surface area contributed by atoms with Crippen LogP contribution in [0.2, 0.25) is 0 Å². The van der Waals surface area contributed by atoms with Crippen molar-refractivity contribution in [3.05, 3.63) is 23.8 Å². The van der Waals surface area contributed by atoms with Crippen molar-refractivity contribution in [3.8, 4) is 0 Å². The van der Waals surface area contributed by atoms with Gasteiger partial charge in [-0.3, -0.25) is 4.79 Å². The summed E-state index contributed by atoms with van der Waals surface area (Å²) >= 11 is 0. The van der Waals surface area contributed by atoms with E-state index in [9.17, 15) is 13.2 Å². The molecule has 1 aliphatic carbocycles. The van der Waals surface area contributed by atoms with E-state index in [4.69, 9.17) is 5.14 Å². The predicted molar refractivity (Wildman–Crippen MR) is 68.5 cm³/mol. The summed E-state index contributed by atoms with van der Waals surface area (Å²) in [5, 5.41) is 7.82. The maximum Gasteiger partial charge on any atom is 0.238 e. The minimum Gasteiger partial charge on any atom is -0.326 e. The number of anilines is 1. The molecule has 1 saturated carbocycles. The molecule has 0 saturated heterocycles. The average molecular weight is 268 g/mol. The second-order valence-corrected chi connectivity index (χ2v) is 6.39. The number of carbonyl (C=O) groups is 1. The van der Waals surface area contributed by atoms with Crippen molar-refractivity contribution in [2.75, 3.05) is 5.32 Å². The van der Waals surface area contributed by atoms with E-state index in [0.29, 0.717) is 11.6 Å². The van der Waals surface area contributed by atoms with Crippen molar-refractivity contribution in [1.82, 2.24) is 0 Å². The molecule has 0 aromatic heterocycles. The van der Waals surface area contributed by atoms with Crippen LogP contribution in [0.25, 0.3) is 0 Å². The highest BCUT2D eigenvalue weighted by molar-refractivity contribution is 7.89. The number of aryl methyl sites for hydroxylation is 1. The molecule has 2 atom stereocenters. The fraction of sp³-hybridized carbons (Fsp3) is 0.417. The van der Waals surface area contributed by atoms with Crippen LogP contribution in [0, 0.1) is 18.8 Å². The summed E-state index contributed by atoms with van der Waals surface area (Å²) in [5.74, 6) is 0.395. The minimum atomic E-state index is -3.74. The normalized spacial score (nSPS) is 22.6. The highest BCUT2D eigenvalue weighted by atomic mass is 32.2. The van der Waals surface area contributed by atoms with Gasteiger partial charge in [0.2, 0.25) is 15.9 Å². The van der Waals surface area contributed by atoms with Crippen molar-refractivity contribution in [3.63, 3.8) is 0 Å². The first-order chi connectivity index (χ1) is 8.29. The van der Waals surface area contributed by atoms with E-state index in [1.807, 2.05) is 6.92 Å². The van der Waals surface area contributed by atoms with E-state index in [0.717, 1.165) is 12.0 Å². The summed E-state index contributed by atoms with van der Waals surface area (Å²) in [4.78, 5) is 11.8. The van der Waals surface area contributed by atoms with Crippen molar-refractivity contribution in [1.29, 1.82) is 0 Å². The molecule has 18 heavy (non-hydrogen) atoms. The number of hydrogen-bond acceptors (Lipinski definition) is 3. The molecule has 5 nitrogen and oxygen atoms in total. The Kier molecular flexibility index (Phi) is 3.16. The molecule has 2 unspecified atom stereocenters. The van der Waals surface area contributed by atoms with Crippen LogP contribution in [0.5, 0.6) is 0 Å². The molecule has 0 heterocycles. The summed E-state index contributed by atoms with van der Waals surface area (Å²) < 4.78 is 22.5. The Bertz CT molecular complexity index is 595. The van der Waals surface area contributed by atoms with E-state index in [1.165, 1.54) is 12.1 Å². The van der Waals surface area contributed by atoms with Gasteiger partial charge >= 0.3 is 0 Å². The quantitative estimate of drug-likeness (QED) is 0.864. The summed E-state index contributed by atoms with van der Waals surface area (Å²) in [6, 6.07) is 4.46. The van der Waals surface area contributed by atoms with Gasteiger partial charge in [-0.15, -0.1) is 0 Å². The smallest absolute Gasteiger partial charge is 0.238 e. The Morgan fingerprint density at radius 1 is 1.44 bits per heavy atom. The SMILES string of the molecule is Cc1ccc(S(N)(=O)=O)cc1NC(=O)C1CC1C. The van der Waals surface area contributed by atoms with Gasteiger partial charge in [0.1, 0.15) is 0 Å². The van der Waals surface area contributed by atoms with Crippen molar-refractivity contribution >= 4 is 21.6 Å². The molecule has 0 bridgehead atoms. The number of benzene rings is 1. The number of carbonyl (C=O) groups excluding carboxylic acids is 1. The lowest BCUT2D eigenvalue weighted by Gasteiger charge is -2.09. The maximum atomic E-state index is 11.8. The van der Waals surface area contributed by atoms with Crippen LogP contribution >= 0.6 is 0 Å². The van der Waals surface area contributed by atoms with Gasteiger partial charge in [0, 0.05) is 11.6 Å². The summed E-state index contributed by atoms with van der Waals surface area (Å²) in [6.45, 7) is 3.82. The molecule has 0 radical (unpaired) electrons. The van der Waals surface area contributed by atoms with Crippen LogP contribution in [0.3, 0.4) is 0 Å². The Balaban J connectivity index is 2.24. The van der Waals surface area contributed by atoms with E-state index in [2.05, 4.69) is 5.32 Å². The van der Waals surface area contributed by atoms with Gasteiger partial charge in [-0.2, -0.15) is 0 Å². The molecule has 98 valence electrons. The maximum absolute atomic E-state index is 11.8. The van der Waals surface area contributed by atoms with E-state index < -0.39 is 10.0 Å². The summed E-state index contributed by atoms with van der Waals surface area (Å²) in [6.07, 6.45) is 0.889. The molecule has 1 aromatic rings. The Morgan fingerprint density at radius 3 is 2.56 bits per heavy atom. The number of sulfonamides is 1. The molecule has 1 aromatic carbocycles. The standard InChI is InChI=1S/C12H16N2O3S/c1-7-3-4-9(18(13,16)17)6-11(7)14-12(15)10-5-8(10)2/h3-4,6,8,10H,5H2,1-2H3,(H,14,15)(H2,13,16,17). The molecule has 6 heteroatoms. The van der Waals surface area contributed by atoms with Crippen LogP contribution in [0.4, 0.5) is 5.69 Å². The Morgan fingerprint density at radius 2 is 2.06 bits per heavy atom. The molecule has 0 spiro atoms. The highest BCUT2D eigenvalue weighted by Crippen LogP contribution is 2.38. The van der Waals surface area contributed by atoms with Crippen molar-refractivity contribution in [2.24, 2.45) is 17.0 Å². The van der Waals surface area contributed by atoms with Gasteiger partial charge in [-0.25, -0.2) is 13.6 Å². The van der Waals surface area contributed by atoms with Crippen LogP contribution in [-0.4, -0.2) is 14.3 Å². The first-order valence-electron chi connectivity index (χ1n) is 5.73. The summed E-state index contributed by atoms with van der Waals surface area (Å²) in [5.41, 5.74) is 1.31. The van der Waals surface area contributed by atoms with Crippen LogP contribution in [0.1, 0.15) is 18.9 Å². The number of nitrogens with two attached hydrogens (primary N) is 1. The molecule has 3 N–H and O–H groups in total. The lowest BCUT2D eigenvalue weighted by atomic mass is 10.2. The Labute approximate surface area is 106 Å². The first-order valence-corrected chi connectivity index (χ1v) is 7.28.